The van der Waals surface area contributed by atoms with Crippen LogP contribution in [0.3, 0.4) is 0 Å². The molecule has 1 aliphatic rings. The molecule has 1 fully saturated rings. The molecule has 0 aromatic heterocycles. The lowest BCUT2D eigenvalue weighted by atomic mass is 9.99. The Morgan fingerprint density at radius 2 is 1.77 bits per heavy atom. The zero-order valence-corrected chi connectivity index (χ0v) is 23.5. The fourth-order valence-corrected chi connectivity index (χ4v) is 4.93. The molecule has 0 heterocycles. The van der Waals surface area contributed by atoms with E-state index in [0.717, 1.165) is 5.56 Å². The predicted octanol–water partition coefficient (Wildman–Crippen LogP) is 4.92. The van der Waals surface area contributed by atoms with Gasteiger partial charge in [0, 0.05) is 35.3 Å². The van der Waals surface area contributed by atoms with Crippen LogP contribution in [0.5, 0.6) is 0 Å². The second-order valence-corrected chi connectivity index (χ2v) is 12.2. The van der Waals surface area contributed by atoms with Crippen LogP contribution >= 0.6 is 19.2 Å². The molecule has 1 amide bonds. The van der Waals surface area contributed by atoms with E-state index < -0.39 is 55.7 Å². The van der Waals surface area contributed by atoms with Crippen LogP contribution in [0.15, 0.2) is 42.5 Å². The van der Waals surface area contributed by atoms with Crippen LogP contribution in [0.25, 0.3) is 11.1 Å². The number of esters is 2. The molecule has 0 aliphatic heterocycles. The van der Waals surface area contributed by atoms with Crippen LogP contribution in [0.1, 0.15) is 57.9 Å². The van der Waals surface area contributed by atoms with Crippen molar-refractivity contribution < 1.29 is 42.6 Å². The van der Waals surface area contributed by atoms with E-state index in [1.807, 2.05) is 0 Å². The lowest BCUT2D eigenvalue weighted by molar-refractivity contribution is -0.196. The molecule has 2 aromatic carbocycles. The molecule has 212 valence electrons. The fraction of sp³-hybridized carbons (Fsp3) is 0.444. The molecule has 0 spiro atoms. The molecule has 12 heteroatoms. The number of carbonyl (C=O) groups is 3. The second kappa shape index (κ2) is 12.6. The van der Waals surface area contributed by atoms with Crippen molar-refractivity contribution in [1.29, 1.82) is 0 Å². The smallest absolute Gasteiger partial charge is 0.326 e. The quantitative estimate of drug-likeness (QED) is 0.182. The number of benzene rings is 2. The summed E-state index contributed by atoms with van der Waals surface area (Å²) >= 11 is 6.01. The zero-order valence-electron chi connectivity index (χ0n) is 21.9. The first-order valence-electron chi connectivity index (χ1n) is 12.5. The summed E-state index contributed by atoms with van der Waals surface area (Å²) in [7, 11) is -4.40. The Morgan fingerprint density at radius 3 is 2.36 bits per heavy atom. The van der Waals surface area contributed by atoms with Gasteiger partial charge in [0.05, 0.1) is 18.1 Å². The second-order valence-electron chi connectivity index (χ2n) is 9.97. The lowest BCUT2D eigenvalue weighted by Gasteiger charge is -2.24. The Morgan fingerprint density at radius 1 is 1.13 bits per heavy atom. The van der Waals surface area contributed by atoms with E-state index in [-0.39, 0.29) is 24.7 Å². The van der Waals surface area contributed by atoms with Crippen LogP contribution in [-0.2, 0) is 28.4 Å². The maximum absolute atomic E-state index is 14.3. The summed E-state index contributed by atoms with van der Waals surface area (Å²) in [5.41, 5.74) is 0.615. The van der Waals surface area contributed by atoms with Gasteiger partial charge in [-0.05, 0) is 35.7 Å². The molecule has 0 bridgehead atoms. The van der Waals surface area contributed by atoms with Crippen molar-refractivity contribution in [3.63, 3.8) is 0 Å². The molecule has 0 saturated heterocycles. The zero-order chi connectivity index (χ0) is 29.0. The highest BCUT2D eigenvalue weighted by molar-refractivity contribution is 7.51. The third-order valence-corrected chi connectivity index (χ3v) is 7.48. The summed E-state index contributed by atoms with van der Waals surface area (Å²) in [4.78, 5) is 55.5. The average Bonchev–Trinajstić information content (AvgIpc) is 3.55. The van der Waals surface area contributed by atoms with Crippen molar-refractivity contribution >= 4 is 37.0 Å². The van der Waals surface area contributed by atoms with Gasteiger partial charge < -0.3 is 24.6 Å². The number of rotatable bonds is 12. The van der Waals surface area contributed by atoms with Gasteiger partial charge in [0.25, 0.3) is 0 Å². The minimum atomic E-state index is -4.40. The number of amides is 1. The van der Waals surface area contributed by atoms with Crippen molar-refractivity contribution in [1.82, 2.24) is 5.32 Å². The first-order chi connectivity index (χ1) is 18.2. The van der Waals surface area contributed by atoms with E-state index in [1.165, 1.54) is 18.2 Å². The SMILES string of the molecule is CCC(=O)OC(OC(=O)CC1(NC(=O)CCP(=O)(O)O)CC1c1ccc(-c2cc(Cl)ccc2F)cc1)C(C)C. The fourth-order valence-electron chi connectivity index (χ4n) is 4.26. The highest BCUT2D eigenvalue weighted by Gasteiger charge is 2.57. The Labute approximate surface area is 231 Å². The van der Waals surface area contributed by atoms with E-state index in [0.29, 0.717) is 22.6 Å². The monoisotopic (exact) mass is 583 g/mol. The van der Waals surface area contributed by atoms with Gasteiger partial charge in [0.1, 0.15) is 5.82 Å². The van der Waals surface area contributed by atoms with Gasteiger partial charge in [0.15, 0.2) is 0 Å². The van der Waals surface area contributed by atoms with Crippen LogP contribution in [0.4, 0.5) is 4.39 Å². The number of ether oxygens (including phenoxy) is 2. The number of hydrogen-bond donors (Lipinski definition) is 3. The highest BCUT2D eigenvalue weighted by atomic mass is 35.5. The Kier molecular flexibility index (Phi) is 9.93. The van der Waals surface area contributed by atoms with Gasteiger partial charge in [-0.3, -0.25) is 18.9 Å². The number of carbonyl (C=O) groups excluding carboxylic acids is 3. The first kappa shape index (κ1) is 30.8. The van der Waals surface area contributed by atoms with Gasteiger partial charge >= 0.3 is 19.5 Å². The van der Waals surface area contributed by atoms with Gasteiger partial charge in [-0.25, -0.2) is 4.39 Å². The van der Waals surface area contributed by atoms with E-state index >= 15 is 0 Å². The largest absolute Gasteiger partial charge is 0.425 e. The van der Waals surface area contributed by atoms with E-state index in [2.05, 4.69) is 5.32 Å². The van der Waals surface area contributed by atoms with Gasteiger partial charge in [-0.2, -0.15) is 0 Å². The summed E-state index contributed by atoms with van der Waals surface area (Å²) in [5.74, 6) is -2.92. The minimum absolute atomic E-state index is 0.109. The van der Waals surface area contributed by atoms with Crippen molar-refractivity contribution in [3.05, 3.63) is 58.9 Å². The molecule has 9 nitrogen and oxygen atoms in total. The summed E-state index contributed by atoms with van der Waals surface area (Å²) in [6.45, 7) is 5.07. The predicted molar refractivity (Wildman–Crippen MR) is 142 cm³/mol. The molecule has 0 radical (unpaired) electrons. The highest BCUT2D eigenvalue weighted by Crippen LogP contribution is 2.54. The molecular weight excluding hydrogens is 552 g/mol. The maximum atomic E-state index is 14.3. The summed E-state index contributed by atoms with van der Waals surface area (Å²) in [6.07, 6.45) is -1.95. The Bertz CT molecular complexity index is 1260. The molecule has 3 N–H and O–H groups in total. The Hall–Kier alpha value is -2.78. The van der Waals surface area contributed by atoms with Gasteiger partial charge in [-0.15, -0.1) is 0 Å². The summed E-state index contributed by atoms with van der Waals surface area (Å²) in [5, 5.41) is 3.16. The standard InChI is InChI=1S/C27H32ClFNO8P/c1-4-24(32)37-26(16(2)3)38-25(33)15-27(30-23(31)11-12-39(34,35)36)14-21(27)18-7-5-17(6-8-18)20-13-19(28)9-10-22(20)29/h5-10,13,16,21,26H,4,11-12,14-15H2,1-3H3,(H,30,31)(H2,34,35,36). The average molecular weight is 584 g/mol. The Balaban J connectivity index is 1.80. The summed E-state index contributed by atoms with van der Waals surface area (Å²) < 4.78 is 36.2. The molecule has 3 atom stereocenters. The van der Waals surface area contributed by atoms with E-state index in [9.17, 15) is 23.3 Å². The molecule has 1 saturated carbocycles. The molecular formula is C27H32ClFNO8P. The molecule has 3 rings (SSSR count). The lowest BCUT2D eigenvalue weighted by Crippen LogP contribution is -2.41. The van der Waals surface area contributed by atoms with E-state index in [4.69, 9.17) is 30.9 Å². The molecule has 1 aliphatic carbocycles. The van der Waals surface area contributed by atoms with E-state index in [1.54, 1.807) is 45.0 Å². The topological polar surface area (TPSA) is 139 Å². The van der Waals surface area contributed by atoms with Crippen molar-refractivity contribution in [3.8, 4) is 11.1 Å². The van der Waals surface area contributed by atoms with Crippen LogP contribution in [-0.4, -0.2) is 45.6 Å². The van der Waals surface area contributed by atoms with Crippen LogP contribution in [0, 0.1) is 11.7 Å². The molecule has 3 unspecified atom stereocenters. The molecule has 39 heavy (non-hydrogen) atoms. The van der Waals surface area contributed by atoms with Crippen molar-refractivity contribution in [2.75, 3.05) is 6.16 Å². The maximum Gasteiger partial charge on any atom is 0.326 e. The van der Waals surface area contributed by atoms with Crippen LogP contribution in [0.2, 0.25) is 5.02 Å². The molecule has 2 aromatic rings. The van der Waals surface area contributed by atoms with Crippen molar-refractivity contribution in [2.24, 2.45) is 5.92 Å². The van der Waals surface area contributed by atoms with Crippen molar-refractivity contribution in [2.45, 2.75) is 64.2 Å². The number of hydrogen-bond acceptors (Lipinski definition) is 6. The summed E-state index contributed by atoms with van der Waals surface area (Å²) in [6, 6.07) is 11.2. The minimum Gasteiger partial charge on any atom is -0.425 e. The number of nitrogens with one attached hydrogen (secondary N) is 1. The third kappa shape index (κ3) is 8.60. The van der Waals surface area contributed by atoms with Crippen LogP contribution < -0.4 is 5.32 Å². The number of halogens is 2. The van der Waals surface area contributed by atoms with Gasteiger partial charge in [0.2, 0.25) is 12.2 Å². The normalized spacial score (nSPS) is 19.3. The third-order valence-electron chi connectivity index (χ3n) is 6.43. The first-order valence-corrected chi connectivity index (χ1v) is 14.7. The van der Waals surface area contributed by atoms with Gasteiger partial charge in [-0.1, -0.05) is 56.6 Å².